The van der Waals surface area contributed by atoms with Crippen LogP contribution in [0.1, 0.15) is 11.1 Å². The van der Waals surface area contributed by atoms with Gasteiger partial charge in [-0.2, -0.15) is 4.31 Å². The number of halogens is 1. The third-order valence-corrected chi connectivity index (χ3v) is 6.98. The summed E-state index contributed by atoms with van der Waals surface area (Å²) in [5.41, 5.74) is 1.71. The van der Waals surface area contributed by atoms with Gasteiger partial charge in [0.1, 0.15) is 13.2 Å². The Morgan fingerprint density at radius 2 is 1.81 bits per heavy atom. The van der Waals surface area contributed by atoms with Crippen LogP contribution in [0, 0.1) is 19.7 Å². The molecule has 0 aromatic heterocycles. The van der Waals surface area contributed by atoms with Crippen LogP contribution in [0.5, 0.6) is 5.75 Å². The topological polar surface area (TPSA) is 51.0 Å². The van der Waals surface area contributed by atoms with E-state index in [9.17, 15) is 12.8 Å². The highest BCUT2D eigenvalue weighted by Crippen LogP contribution is 2.21. The number of benzene rings is 2. The third-order valence-electron chi connectivity index (χ3n) is 4.94. The highest BCUT2D eigenvalue weighted by Gasteiger charge is 2.31. The van der Waals surface area contributed by atoms with Gasteiger partial charge in [-0.15, -0.1) is 0 Å². The van der Waals surface area contributed by atoms with Crippen LogP contribution in [-0.2, 0) is 10.0 Å². The summed E-state index contributed by atoms with van der Waals surface area (Å²) in [5, 5.41) is 0. The van der Waals surface area contributed by atoms with E-state index >= 15 is 0 Å². The van der Waals surface area contributed by atoms with Crippen LogP contribution in [0.25, 0.3) is 0 Å². The molecule has 146 valence electrons. The lowest BCUT2D eigenvalue weighted by Gasteiger charge is -2.31. The van der Waals surface area contributed by atoms with Crippen molar-refractivity contribution in [2.24, 2.45) is 0 Å². The van der Waals surface area contributed by atoms with Gasteiger partial charge in [-0.25, -0.2) is 12.8 Å². The average molecular weight is 394 g/mol. The van der Waals surface area contributed by atoms with Gasteiger partial charge >= 0.3 is 0 Å². The highest BCUT2D eigenvalue weighted by molar-refractivity contribution is 7.89. The standard InChI is InChI=1S/C20H25FN2O3S/c1-16-7-8-17(2)20(15-16)27(24,25)23-11-9-22(10-12-23)13-14-26-19-6-4-3-5-18(19)21/h3-8,15H,9-14H2,1-2H3/p+1. The number of hydrogen-bond donors (Lipinski definition) is 1. The van der Waals surface area contributed by atoms with E-state index in [2.05, 4.69) is 0 Å². The normalized spacial score (nSPS) is 16.4. The van der Waals surface area contributed by atoms with Crippen molar-refractivity contribution in [3.05, 3.63) is 59.4 Å². The molecule has 0 atom stereocenters. The molecule has 0 amide bonds. The van der Waals surface area contributed by atoms with Crippen LogP contribution in [0.3, 0.4) is 0 Å². The van der Waals surface area contributed by atoms with E-state index in [4.69, 9.17) is 4.74 Å². The van der Waals surface area contributed by atoms with E-state index in [1.165, 1.54) is 11.0 Å². The summed E-state index contributed by atoms with van der Waals surface area (Å²) in [6.45, 7) is 7.22. The van der Waals surface area contributed by atoms with E-state index in [-0.39, 0.29) is 11.6 Å². The predicted molar refractivity (Wildman–Crippen MR) is 102 cm³/mol. The van der Waals surface area contributed by atoms with Crippen LogP contribution in [0.15, 0.2) is 47.4 Å². The molecule has 1 N–H and O–H groups in total. The van der Waals surface area contributed by atoms with Crippen LogP contribution in [0.4, 0.5) is 4.39 Å². The summed E-state index contributed by atoms with van der Waals surface area (Å²) in [6, 6.07) is 11.9. The van der Waals surface area contributed by atoms with Crippen molar-refractivity contribution in [1.29, 1.82) is 0 Å². The molecule has 0 saturated carbocycles. The maximum Gasteiger partial charge on any atom is 0.243 e. The summed E-state index contributed by atoms with van der Waals surface area (Å²) in [5.74, 6) is -0.107. The molecule has 7 heteroatoms. The molecular formula is C20H26FN2O3S+. The highest BCUT2D eigenvalue weighted by atomic mass is 32.2. The second-order valence-corrected chi connectivity index (χ2v) is 8.86. The van der Waals surface area contributed by atoms with Gasteiger partial charge < -0.3 is 9.64 Å². The van der Waals surface area contributed by atoms with Gasteiger partial charge in [0.05, 0.1) is 31.1 Å². The molecule has 0 bridgehead atoms. The smallest absolute Gasteiger partial charge is 0.243 e. The fraction of sp³-hybridized carbons (Fsp3) is 0.400. The summed E-state index contributed by atoms with van der Waals surface area (Å²) < 4.78 is 46.5. The molecule has 1 fully saturated rings. The first-order valence-corrected chi connectivity index (χ1v) is 10.6. The lowest BCUT2D eigenvalue weighted by Crippen LogP contribution is -3.15. The second-order valence-electron chi connectivity index (χ2n) is 6.95. The van der Waals surface area contributed by atoms with E-state index in [0.29, 0.717) is 44.2 Å². The maximum atomic E-state index is 13.6. The van der Waals surface area contributed by atoms with E-state index in [0.717, 1.165) is 11.1 Å². The van der Waals surface area contributed by atoms with Crippen LogP contribution in [0.2, 0.25) is 0 Å². The Labute approximate surface area is 160 Å². The maximum absolute atomic E-state index is 13.6. The Morgan fingerprint density at radius 1 is 1.11 bits per heavy atom. The largest absolute Gasteiger partial charge is 0.485 e. The van der Waals surface area contributed by atoms with E-state index in [1.54, 1.807) is 28.6 Å². The van der Waals surface area contributed by atoms with Crippen molar-refractivity contribution in [3.8, 4) is 5.75 Å². The monoisotopic (exact) mass is 393 g/mol. The molecular weight excluding hydrogens is 367 g/mol. The minimum absolute atomic E-state index is 0.257. The Bertz CT molecular complexity index is 894. The third kappa shape index (κ3) is 4.66. The van der Waals surface area contributed by atoms with Crippen LogP contribution < -0.4 is 9.64 Å². The molecule has 0 spiro atoms. The van der Waals surface area contributed by atoms with Gasteiger partial charge in [-0.05, 0) is 43.2 Å². The van der Waals surface area contributed by atoms with Crippen molar-refractivity contribution in [2.45, 2.75) is 18.7 Å². The molecule has 1 aliphatic heterocycles. The zero-order valence-electron chi connectivity index (χ0n) is 15.7. The minimum Gasteiger partial charge on any atom is -0.485 e. The van der Waals surface area contributed by atoms with Crippen molar-refractivity contribution >= 4 is 10.0 Å². The lowest BCUT2D eigenvalue weighted by molar-refractivity contribution is -0.903. The lowest BCUT2D eigenvalue weighted by atomic mass is 10.2. The van der Waals surface area contributed by atoms with E-state index < -0.39 is 10.0 Å². The number of aryl methyl sites for hydroxylation is 2. The summed E-state index contributed by atoms with van der Waals surface area (Å²) in [7, 11) is -3.47. The Hall–Kier alpha value is -1.96. The van der Waals surface area contributed by atoms with Gasteiger partial charge in [-0.3, -0.25) is 0 Å². The number of hydrogen-bond acceptors (Lipinski definition) is 3. The van der Waals surface area contributed by atoms with Crippen molar-refractivity contribution < 1.29 is 22.4 Å². The van der Waals surface area contributed by atoms with Crippen LogP contribution in [-0.4, -0.2) is 52.1 Å². The number of quaternary nitrogens is 1. The molecule has 0 aliphatic carbocycles. The van der Waals surface area contributed by atoms with Gasteiger partial charge in [0, 0.05) is 0 Å². The molecule has 1 saturated heterocycles. The number of sulfonamides is 1. The fourth-order valence-corrected chi connectivity index (χ4v) is 5.04. The zero-order valence-corrected chi connectivity index (χ0v) is 16.6. The SMILES string of the molecule is Cc1ccc(C)c(S(=O)(=O)N2CC[NH+](CCOc3ccccc3F)CC2)c1. The minimum atomic E-state index is -3.47. The average Bonchev–Trinajstić information content (AvgIpc) is 2.65. The first-order chi connectivity index (χ1) is 12.9. The van der Waals surface area contributed by atoms with E-state index in [1.807, 2.05) is 26.0 Å². The summed E-state index contributed by atoms with van der Waals surface area (Å²) in [4.78, 5) is 1.66. The quantitative estimate of drug-likeness (QED) is 0.808. The summed E-state index contributed by atoms with van der Waals surface area (Å²) in [6.07, 6.45) is 0. The Morgan fingerprint density at radius 3 is 2.52 bits per heavy atom. The molecule has 1 aliphatic rings. The zero-order chi connectivity index (χ0) is 19.4. The number of ether oxygens (including phenoxy) is 1. The predicted octanol–water partition coefficient (Wildman–Crippen LogP) is 1.41. The number of para-hydroxylation sites is 1. The van der Waals surface area contributed by atoms with Crippen molar-refractivity contribution in [1.82, 2.24) is 4.31 Å². The second kappa shape index (κ2) is 8.37. The van der Waals surface area contributed by atoms with Gasteiger partial charge in [0.25, 0.3) is 0 Å². The molecule has 2 aromatic carbocycles. The van der Waals surface area contributed by atoms with Crippen molar-refractivity contribution in [2.75, 3.05) is 39.3 Å². The molecule has 0 unspecified atom stereocenters. The fourth-order valence-electron chi connectivity index (χ4n) is 3.28. The van der Waals surface area contributed by atoms with Crippen molar-refractivity contribution in [3.63, 3.8) is 0 Å². The molecule has 2 aromatic rings. The number of nitrogens with one attached hydrogen (secondary N) is 1. The number of rotatable bonds is 6. The first kappa shape index (κ1) is 19.8. The Balaban J connectivity index is 1.54. The van der Waals surface area contributed by atoms with Gasteiger partial charge in [0.15, 0.2) is 11.6 Å². The molecule has 3 rings (SSSR count). The Kier molecular flexibility index (Phi) is 6.14. The molecule has 5 nitrogen and oxygen atoms in total. The van der Waals surface area contributed by atoms with Crippen LogP contribution >= 0.6 is 0 Å². The summed E-state index contributed by atoms with van der Waals surface area (Å²) >= 11 is 0. The molecule has 0 radical (unpaired) electrons. The molecule has 1 heterocycles. The van der Waals surface area contributed by atoms with Gasteiger partial charge in [-0.1, -0.05) is 24.3 Å². The number of piperazine rings is 1. The molecule has 27 heavy (non-hydrogen) atoms. The first-order valence-electron chi connectivity index (χ1n) is 9.16. The van der Waals surface area contributed by atoms with Gasteiger partial charge in [0.2, 0.25) is 10.0 Å². The number of nitrogens with zero attached hydrogens (tertiary/aromatic N) is 1.